The van der Waals surface area contributed by atoms with Crippen LogP contribution in [0.15, 0.2) is 30.9 Å². The van der Waals surface area contributed by atoms with Crippen molar-refractivity contribution in [3.63, 3.8) is 0 Å². The Labute approximate surface area is 139 Å². The molecule has 0 bridgehead atoms. The number of hydrogen-bond acceptors (Lipinski definition) is 6. The highest BCUT2D eigenvalue weighted by Crippen LogP contribution is 2.22. The van der Waals surface area contributed by atoms with E-state index in [4.69, 9.17) is 0 Å². The standard InChI is InChI=1S/C17H18N6O/c1-10-6-11(2)14(12(3)7-10)23-13(24)8-20-17-15-16(21-9-22-17)19-5-4-18-15/h4-7,9H,8H2,1-3H3,(H,23,24)(H,19,20,21,22). The number of benzene rings is 1. The van der Waals surface area contributed by atoms with Crippen molar-refractivity contribution < 1.29 is 4.79 Å². The number of nitrogens with zero attached hydrogens (tertiary/aromatic N) is 4. The highest BCUT2D eigenvalue weighted by molar-refractivity contribution is 5.96. The Balaban J connectivity index is 1.72. The average molecular weight is 322 g/mol. The minimum Gasteiger partial charge on any atom is -0.359 e. The summed E-state index contributed by atoms with van der Waals surface area (Å²) in [5.41, 5.74) is 5.13. The van der Waals surface area contributed by atoms with Gasteiger partial charge in [-0.3, -0.25) is 4.79 Å². The van der Waals surface area contributed by atoms with Crippen molar-refractivity contribution >= 4 is 28.6 Å². The Hall–Kier alpha value is -3.09. The lowest BCUT2D eigenvalue weighted by atomic mass is 10.1. The molecule has 0 aliphatic carbocycles. The predicted octanol–water partition coefficient (Wildman–Crippen LogP) is 2.40. The van der Waals surface area contributed by atoms with Crippen LogP contribution in [-0.4, -0.2) is 32.4 Å². The first kappa shape index (κ1) is 15.8. The van der Waals surface area contributed by atoms with Crippen molar-refractivity contribution in [3.05, 3.63) is 47.5 Å². The Kier molecular flexibility index (Phi) is 4.33. The molecule has 7 heteroatoms. The van der Waals surface area contributed by atoms with E-state index in [1.165, 1.54) is 11.9 Å². The molecular formula is C17H18N6O. The maximum absolute atomic E-state index is 12.3. The van der Waals surface area contributed by atoms with E-state index in [0.29, 0.717) is 17.0 Å². The van der Waals surface area contributed by atoms with E-state index in [0.717, 1.165) is 16.8 Å². The van der Waals surface area contributed by atoms with Gasteiger partial charge < -0.3 is 10.6 Å². The van der Waals surface area contributed by atoms with Crippen molar-refractivity contribution in [3.8, 4) is 0 Å². The lowest BCUT2D eigenvalue weighted by Crippen LogP contribution is -2.23. The van der Waals surface area contributed by atoms with Crippen LogP contribution >= 0.6 is 0 Å². The van der Waals surface area contributed by atoms with Gasteiger partial charge in [-0.25, -0.2) is 19.9 Å². The molecule has 3 rings (SSSR count). The van der Waals surface area contributed by atoms with Crippen molar-refractivity contribution in [2.24, 2.45) is 0 Å². The third-order valence-corrected chi connectivity index (χ3v) is 3.63. The summed E-state index contributed by atoms with van der Waals surface area (Å²) in [6, 6.07) is 4.09. The predicted molar refractivity (Wildman–Crippen MR) is 92.9 cm³/mol. The lowest BCUT2D eigenvalue weighted by molar-refractivity contribution is -0.114. The molecule has 0 aliphatic heterocycles. The zero-order valence-corrected chi connectivity index (χ0v) is 13.8. The summed E-state index contributed by atoms with van der Waals surface area (Å²) < 4.78 is 0. The molecule has 0 saturated heterocycles. The molecule has 3 aromatic rings. The molecule has 0 fully saturated rings. The third kappa shape index (κ3) is 3.29. The average Bonchev–Trinajstić information content (AvgIpc) is 2.56. The van der Waals surface area contributed by atoms with E-state index in [9.17, 15) is 4.79 Å². The maximum Gasteiger partial charge on any atom is 0.243 e. The Morgan fingerprint density at radius 2 is 1.71 bits per heavy atom. The summed E-state index contributed by atoms with van der Waals surface area (Å²) in [5, 5.41) is 5.94. The fourth-order valence-electron chi connectivity index (χ4n) is 2.65. The van der Waals surface area contributed by atoms with Gasteiger partial charge in [0.05, 0.1) is 6.54 Å². The van der Waals surface area contributed by atoms with Crippen LogP contribution in [0.2, 0.25) is 0 Å². The summed E-state index contributed by atoms with van der Waals surface area (Å²) in [4.78, 5) is 28.7. The summed E-state index contributed by atoms with van der Waals surface area (Å²) in [6.45, 7) is 6.08. The monoisotopic (exact) mass is 322 g/mol. The molecule has 24 heavy (non-hydrogen) atoms. The highest BCUT2D eigenvalue weighted by Gasteiger charge is 2.10. The van der Waals surface area contributed by atoms with Gasteiger partial charge in [0.15, 0.2) is 11.5 Å². The largest absolute Gasteiger partial charge is 0.359 e. The molecule has 2 N–H and O–H groups in total. The van der Waals surface area contributed by atoms with Crippen molar-refractivity contribution in [1.82, 2.24) is 19.9 Å². The van der Waals surface area contributed by atoms with Gasteiger partial charge in [0.25, 0.3) is 0 Å². The summed E-state index contributed by atoms with van der Waals surface area (Å²) in [6.07, 6.45) is 4.52. The number of aromatic nitrogens is 4. The fraction of sp³-hybridized carbons (Fsp3) is 0.235. The molecule has 122 valence electrons. The Morgan fingerprint density at radius 1 is 1.00 bits per heavy atom. The second-order valence-corrected chi connectivity index (χ2v) is 5.63. The van der Waals surface area contributed by atoms with Gasteiger partial charge >= 0.3 is 0 Å². The van der Waals surface area contributed by atoms with Crippen LogP contribution in [0.4, 0.5) is 11.5 Å². The van der Waals surface area contributed by atoms with Gasteiger partial charge in [0.2, 0.25) is 5.91 Å². The van der Waals surface area contributed by atoms with Gasteiger partial charge in [-0.2, -0.15) is 0 Å². The number of amides is 1. The maximum atomic E-state index is 12.3. The molecule has 7 nitrogen and oxygen atoms in total. The molecule has 0 atom stereocenters. The summed E-state index contributed by atoms with van der Waals surface area (Å²) >= 11 is 0. The number of nitrogens with one attached hydrogen (secondary N) is 2. The molecular weight excluding hydrogens is 304 g/mol. The first-order valence-corrected chi connectivity index (χ1v) is 7.58. The van der Waals surface area contributed by atoms with Crippen LogP contribution in [0.1, 0.15) is 16.7 Å². The molecule has 0 saturated carbocycles. The third-order valence-electron chi connectivity index (χ3n) is 3.63. The van der Waals surface area contributed by atoms with E-state index in [1.54, 1.807) is 12.4 Å². The summed E-state index contributed by atoms with van der Waals surface area (Å²) in [5.74, 6) is 0.335. The van der Waals surface area contributed by atoms with Crippen LogP contribution in [-0.2, 0) is 4.79 Å². The van der Waals surface area contributed by atoms with E-state index in [2.05, 4.69) is 30.6 Å². The van der Waals surface area contributed by atoms with Crippen LogP contribution in [0.25, 0.3) is 11.2 Å². The highest BCUT2D eigenvalue weighted by atomic mass is 16.1. The van der Waals surface area contributed by atoms with Crippen LogP contribution < -0.4 is 10.6 Å². The van der Waals surface area contributed by atoms with E-state index in [1.807, 2.05) is 32.9 Å². The summed E-state index contributed by atoms with van der Waals surface area (Å²) in [7, 11) is 0. The van der Waals surface area contributed by atoms with E-state index < -0.39 is 0 Å². The number of carbonyl (C=O) groups is 1. The van der Waals surface area contributed by atoms with Gasteiger partial charge in [-0.05, 0) is 31.9 Å². The topological polar surface area (TPSA) is 92.7 Å². The number of aryl methyl sites for hydroxylation is 3. The molecule has 1 aromatic carbocycles. The molecule has 2 heterocycles. The van der Waals surface area contributed by atoms with Gasteiger partial charge in [-0.1, -0.05) is 17.7 Å². The Morgan fingerprint density at radius 3 is 2.46 bits per heavy atom. The number of anilines is 2. The zero-order chi connectivity index (χ0) is 17.1. The van der Waals surface area contributed by atoms with Crippen LogP contribution in [0.3, 0.4) is 0 Å². The number of hydrogen-bond donors (Lipinski definition) is 2. The molecule has 2 aromatic heterocycles. The van der Waals surface area contributed by atoms with Crippen molar-refractivity contribution in [1.29, 1.82) is 0 Å². The SMILES string of the molecule is Cc1cc(C)c(NC(=O)CNc2ncnc3nccnc23)c(C)c1. The van der Waals surface area contributed by atoms with Gasteiger partial charge in [0.1, 0.15) is 11.8 Å². The fourth-order valence-corrected chi connectivity index (χ4v) is 2.65. The zero-order valence-electron chi connectivity index (χ0n) is 13.8. The molecule has 0 radical (unpaired) electrons. The van der Waals surface area contributed by atoms with Crippen molar-refractivity contribution in [2.45, 2.75) is 20.8 Å². The molecule has 0 aliphatic rings. The minimum atomic E-state index is -0.152. The van der Waals surface area contributed by atoms with Crippen molar-refractivity contribution in [2.75, 3.05) is 17.2 Å². The molecule has 1 amide bonds. The second kappa shape index (κ2) is 6.57. The smallest absolute Gasteiger partial charge is 0.243 e. The Bertz CT molecular complexity index is 880. The quantitative estimate of drug-likeness (QED) is 0.766. The van der Waals surface area contributed by atoms with Crippen LogP contribution in [0.5, 0.6) is 0 Å². The van der Waals surface area contributed by atoms with Gasteiger partial charge in [0, 0.05) is 18.1 Å². The van der Waals surface area contributed by atoms with E-state index in [-0.39, 0.29) is 12.5 Å². The number of carbonyl (C=O) groups excluding carboxylic acids is 1. The molecule has 0 spiro atoms. The number of rotatable bonds is 4. The molecule has 0 unspecified atom stereocenters. The minimum absolute atomic E-state index is 0.0788. The first-order valence-electron chi connectivity index (χ1n) is 7.58. The van der Waals surface area contributed by atoms with E-state index >= 15 is 0 Å². The van der Waals surface area contributed by atoms with Crippen LogP contribution in [0, 0.1) is 20.8 Å². The normalized spacial score (nSPS) is 10.6. The van der Waals surface area contributed by atoms with Gasteiger partial charge in [-0.15, -0.1) is 0 Å². The second-order valence-electron chi connectivity index (χ2n) is 5.63. The lowest BCUT2D eigenvalue weighted by Gasteiger charge is -2.13. The number of fused-ring (bicyclic) bond motifs is 1. The first-order chi connectivity index (χ1) is 11.5.